The van der Waals surface area contributed by atoms with E-state index in [1.165, 1.54) is 4.90 Å². The molecule has 0 bridgehead atoms. The number of amides is 3. The lowest BCUT2D eigenvalue weighted by Crippen LogP contribution is -2.37. The van der Waals surface area contributed by atoms with E-state index in [4.69, 9.17) is 0 Å². The van der Waals surface area contributed by atoms with Crippen LogP contribution in [-0.2, 0) is 14.4 Å². The fourth-order valence-electron chi connectivity index (χ4n) is 2.90. The number of imide groups is 1. The quantitative estimate of drug-likeness (QED) is 0.573. The van der Waals surface area contributed by atoms with Gasteiger partial charge in [0.2, 0.25) is 17.7 Å². The van der Waals surface area contributed by atoms with Crippen LogP contribution in [0.15, 0.2) is 0 Å². The zero-order valence-electron chi connectivity index (χ0n) is 16.2. The number of nitrogens with one attached hydrogen (secondary N) is 1. The van der Waals surface area contributed by atoms with Gasteiger partial charge in [-0.05, 0) is 23.7 Å². The van der Waals surface area contributed by atoms with E-state index in [0.29, 0.717) is 12.0 Å². The average molecular weight is 338 g/mol. The number of hydrogen-bond acceptors (Lipinski definition) is 3. The summed E-state index contributed by atoms with van der Waals surface area (Å²) < 4.78 is 0. The molecule has 0 aromatic rings. The van der Waals surface area contributed by atoms with Crippen molar-refractivity contribution < 1.29 is 14.4 Å². The van der Waals surface area contributed by atoms with Crippen LogP contribution >= 0.6 is 0 Å². The average Bonchev–Trinajstić information content (AvgIpc) is 2.70. The van der Waals surface area contributed by atoms with Gasteiger partial charge in [-0.1, -0.05) is 48.0 Å². The first kappa shape index (κ1) is 20.7. The van der Waals surface area contributed by atoms with Gasteiger partial charge in [0.1, 0.15) is 0 Å². The molecular formula is C19H34N2O3. The predicted octanol–water partition coefficient (Wildman–Crippen LogP) is 3.13. The van der Waals surface area contributed by atoms with Gasteiger partial charge >= 0.3 is 0 Å². The summed E-state index contributed by atoms with van der Waals surface area (Å²) in [6, 6.07) is 0. The molecule has 1 saturated heterocycles. The number of likely N-dealkylation sites (tertiary alicyclic amines) is 1. The Hall–Kier alpha value is -1.39. The van der Waals surface area contributed by atoms with E-state index in [2.05, 4.69) is 26.1 Å². The van der Waals surface area contributed by atoms with Crippen LogP contribution in [0.5, 0.6) is 0 Å². The summed E-state index contributed by atoms with van der Waals surface area (Å²) in [5.41, 5.74) is 0.0981. The molecule has 1 fully saturated rings. The molecular weight excluding hydrogens is 304 g/mol. The maximum absolute atomic E-state index is 12.3. The van der Waals surface area contributed by atoms with Crippen molar-refractivity contribution in [2.45, 2.75) is 73.6 Å². The molecule has 1 N–H and O–H groups in total. The van der Waals surface area contributed by atoms with Gasteiger partial charge in [0, 0.05) is 25.9 Å². The van der Waals surface area contributed by atoms with E-state index >= 15 is 0 Å². The van der Waals surface area contributed by atoms with E-state index in [-0.39, 0.29) is 48.4 Å². The van der Waals surface area contributed by atoms with Crippen LogP contribution in [0.3, 0.4) is 0 Å². The zero-order chi connectivity index (χ0) is 18.5. The Morgan fingerprint density at radius 3 is 2.25 bits per heavy atom. The van der Waals surface area contributed by atoms with Crippen LogP contribution in [0.4, 0.5) is 0 Å². The maximum atomic E-state index is 12.3. The van der Waals surface area contributed by atoms with Crippen molar-refractivity contribution in [3.63, 3.8) is 0 Å². The van der Waals surface area contributed by atoms with Gasteiger partial charge in [0.25, 0.3) is 0 Å². The van der Waals surface area contributed by atoms with Gasteiger partial charge in [-0.15, -0.1) is 0 Å². The molecule has 24 heavy (non-hydrogen) atoms. The minimum atomic E-state index is -0.273. The lowest BCUT2D eigenvalue weighted by Gasteiger charge is -2.24. The Balaban J connectivity index is 2.30. The minimum absolute atomic E-state index is 0.0921. The van der Waals surface area contributed by atoms with Crippen LogP contribution < -0.4 is 5.32 Å². The highest BCUT2D eigenvalue weighted by molar-refractivity contribution is 6.04. The second-order valence-electron chi connectivity index (χ2n) is 9.12. The summed E-state index contributed by atoms with van der Waals surface area (Å²) in [5, 5.41) is 2.88. The van der Waals surface area contributed by atoms with Crippen LogP contribution in [0.2, 0.25) is 0 Å². The normalized spacial score (nSPS) is 19.1. The van der Waals surface area contributed by atoms with Gasteiger partial charge in [0.15, 0.2) is 0 Å². The Morgan fingerprint density at radius 1 is 1.12 bits per heavy atom. The van der Waals surface area contributed by atoms with E-state index in [0.717, 1.165) is 19.3 Å². The maximum Gasteiger partial charge on any atom is 0.233 e. The van der Waals surface area contributed by atoms with E-state index < -0.39 is 0 Å². The molecule has 1 aliphatic rings. The summed E-state index contributed by atoms with van der Waals surface area (Å²) in [5.74, 6) is -0.653. The summed E-state index contributed by atoms with van der Waals surface area (Å²) in [4.78, 5) is 37.5. The van der Waals surface area contributed by atoms with Crippen molar-refractivity contribution in [1.82, 2.24) is 10.2 Å². The first-order chi connectivity index (χ1) is 10.9. The van der Waals surface area contributed by atoms with Crippen molar-refractivity contribution in [1.29, 1.82) is 0 Å². The Kier molecular flexibility index (Phi) is 6.99. The molecule has 1 rings (SSSR count). The Labute approximate surface area is 146 Å². The van der Waals surface area contributed by atoms with Crippen LogP contribution in [0.1, 0.15) is 73.6 Å². The molecule has 0 saturated carbocycles. The van der Waals surface area contributed by atoms with Gasteiger partial charge in [-0.2, -0.15) is 0 Å². The molecule has 5 nitrogen and oxygen atoms in total. The SMILES string of the molecule is CC(C)(C)CCCCNC(=O)CCN1C(=O)CC(C(C)(C)C)C1=O. The largest absolute Gasteiger partial charge is 0.356 e. The number of carbonyl (C=O) groups is 3. The molecule has 0 spiro atoms. The third-order valence-corrected chi connectivity index (χ3v) is 4.53. The molecule has 1 aliphatic heterocycles. The van der Waals surface area contributed by atoms with Crippen molar-refractivity contribution in [2.24, 2.45) is 16.7 Å². The lowest BCUT2D eigenvalue weighted by atomic mass is 9.80. The second kappa shape index (κ2) is 8.13. The van der Waals surface area contributed by atoms with Crippen molar-refractivity contribution in [3.05, 3.63) is 0 Å². The summed E-state index contributed by atoms with van der Waals surface area (Å²) >= 11 is 0. The van der Waals surface area contributed by atoms with Crippen LogP contribution in [-0.4, -0.2) is 35.7 Å². The Morgan fingerprint density at radius 2 is 1.75 bits per heavy atom. The Bertz CT molecular complexity index is 472. The molecule has 0 aromatic carbocycles. The van der Waals surface area contributed by atoms with Crippen molar-refractivity contribution in [3.8, 4) is 0 Å². The molecule has 3 amide bonds. The van der Waals surface area contributed by atoms with Gasteiger partial charge < -0.3 is 5.32 Å². The molecule has 1 heterocycles. The predicted molar refractivity (Wildman–Crippen MR) is 95.2 cm³/mol. The highest BCUT2D eigenvalue weighted by Crippen LogP contribution is 2.35. The highest BCUT2D eigenvalue weighted by Gasteiger charge is 2.44. The third kappa shape index (κ3) is 6.62. The van der Waals surface area contributed by atoms with Crippen LogP contribution in [0, 0.1) is 16.7 Å². The topological polar surface area (TPSA) is 66.5 Å². The molecule has 0 radical (unpaired) electrons. The number of carbonyl (C=O) groups excluding carboxylic acids is 3. The molecule has 1 unspecified atom stereocenters. The van der Waals surface area contributed by atoms with Gasteiger partial charge in [-0.25, -0.2) is 0 Å². The standard InChI is InChI=1S/C19H34N2O3/c1-18(2,3)10-7-8-11-20-15(22)9-12-21-16(23)13-14(17(21)24)19(4,5)6/h14H,7-13H2,1-6H3,(H,20,22). The van der Waals surface area contributed by atoms with Crippen LogP contribution in [0.25, 0.3) is 0 Å². The zero-order valence-corrected chi connectivity index (χ0v) is 16.2. The van der Waals surface area contributed by atoms with Crippen molar-refractivity contribution in [2.75, 3.05) is 13.1 Å². The van der Waals surface area contributed by atoms with Gasteiger partial charge in [0.05, 0.1) is 5.92 Å². The monoisotopic (exact) mass is 338 g/mol. The number of unbranched alkanes of at least 4 members (excludes halogenated alkanes) is 1. The smallest absolute Gasteiger partial charge is 0.233 e. The summed E-state index contributed by atoms with van der Waals surface area (Å²) in [6.07, 6.45) is 3.62. The van der Waals surface area contributed by atoms with Crippen molar-refractivity contribution >= 4 is 17.7 Å². The van der Waals surface area contributed by atoms with E-state index in [1.54, 1.807) is 0 Å². The number of nitrogens with zero attached hydrogens (tertiary/aromatic N) is 1. The molecule has 1 atom stereocenters. The molecule has 5 heteroatoms. The first-order valence-electron chi connectivity index (χ1n) is 9.03. The number of hydrogen-bond donors (Lipinski definition) is 1. The second-order valence-corrected chi connectivity index (χ2v) is 9.12. The summed E-state index contributed by atoms with van der Waals surface area (Å²) in [7, 11) is 0. The third-order valence-electron chi connectivity index (χ3n) is 4.53. The highest BCUT2D eigenvalue weighted by atomic mass is 16.2. The minimum Gasteiger partial charge on any atom is -0.356 e. The lowest BCUT2D eigenvalue weighted by molar-refractivity contribution is -0.140. The fourth-order valence-corrected chi connectivity index (χ4v) is 2.90. The number of rotatable bonds is 7. The molecule has 0 aromatic heterocycles. The molecule has 0 aliphatic carbocycles. The molecule has 138 valence electrons. The van der Waals surface area contributed by atoms with Gasteiger partial charge in [-0.3, -0.25) is 19.3 Å². The van der Waals surface area contributed by atoms with E-state index in [1.807, 2.05) is 20.8 Å². The van der Waals surface area contributed by atoms with E-state index in [9.17, 15) is 14.4 Å². The fraction of sp³-hybridized carbons (Fsp3) is 0.842. The summed E-state index contributed by atoms with van der Waals surface area (Å²) in [6.45, 7) is 13.4. The first-order valence-corrected chi connectivity index (χ1v) is 9.03.